The Balaban J connectivity index is 1.73. The molecule has 4 aromatic rings. The highest BCUT2D eigenvalue weighted by Gasteiger charge is 2.21. The monoisotopic (exact) mass is 544 g/mol. The summed E-state index contributed by atoms with van der Waals surface area (Å²) in [5, 5.41) is 14.9. The molecule has 34 heavy (non-hydrogen) atoms. The van der Waals surface area contributed by atoms with Crippen molar-refractivity contribution < 1.29 is 9.84 Å². The Morgan fingerprint density at radius 1 is 1.21 bits per heavy atom. The van der Waals surface area contributed by atoms with Crippen LogP contribution in [-0.2, 0) is 19.3 Å². The van der Waals surface area contributed by atoms with Crippen molar-refractivity contribution in [1.82, 2.24) is 29.3 Å². The van der Waals surface area contributed by atoms with Gasteiger partial charge in [0.05, 0.1) is 22.1 Å². The van der Waals surface area contributed by atoms with E-state index in [1.165, 1.54) is 4.57 Å². The Morgan fingerprint density at radius 3 is 2.65 bits per heavy atom. The molecule has 0 unspecified atom stereocenters. The second-order valence-corrected chi connectivity index (χ2v) is 9.38. The maximum absolute atomic E-state index is 13.3. The van der Waals surface area contributed by atoms with Gasteiger partial charge < -0.3 is 9.84 Å². The fourth-order valence-corrected chi connectivity index (χ4v) is 3.88. The molecule has 1 aromatic carbocycles. The quantitative estimate of drug-likeness (QED) is 0.391. The molecule has 0 amide bonds. The first kappa shape index (κ1) is 24.1. The van der Waals surface area contributed by atoms with Crippen LogP contribution >= 0.6 is 27.5 Å². The summed E-state index contributed by atoms with van der Waals surface area (Å²) in [5.41, 5.74) is 0.864. The highest BCUT2D eigenvalue weighted by Crippen LogP contribution is 2.29. The van der Waals surface area contributed by atoms with Crippen LogP contribution in [0.3, 0.4) is 0 Å². The van der Waals surface area contributed by atoms with E-state index in [9.17, 15) is 9.90 Å². The molecule has 0 aliphatic carbocycles. The number of aromatic nitrogens is 6. The molecule has 0 spiro atoms. The van der Waals surface area contributed by atoms with Gasteiger partial charge in [-0.15, -0.1) is 0 Å². The van der Waals surface area contributed by atoms with Crippen molar-refractivity contribution in [2.45, 2.75) is 33.0 Å². The van der Waals surface area contributed by atoms with Crippen molar-refractivity contribution in [3.63, 3.8) is 0 Å². The lowest BCUT2D eigenvalue weighted by atomic mass is 10.1. The van der Waals surface area contributed by atoms with Gasteiger partial charge >= 0.3 is 0 Å². The van der Waals surface area contributed by atoms with Crippen molar-refractivity contribution in [3.8, 4) is 22.8 Å². The smallest absolute Gasteiger partial charge is 0.276 e. The van der Waals surface area contributed by atoms with Crippen LogP contribution in [0.4, 0.5) is 0 Å². The van der Waals surface area contributed by atoms with Gasteiger partial charge in [-0.25, -0.2) is 9.97 Å². The van der Waals surface area contributed by atoms with E-state index in [1.807, 2.05) is 19.3 Å². The van der Waals surface area contributed by atoms with Gasteiger partial charge in [-0.3, -0.25) is 14.0 Å². The van der Waals surface area contributed by atoms with Gasteiger partial charge in [-0.2, -0.15) is 10.1 Å². The van der Waals surface area contributed by atoms with Crippen LogP contribution in [0.5, 0.6) is 5.88 Å². The summed E-state index contributed by atoms with van der Waals surface area (Å²) in [4.78, 5) is 26.3. The third-order valence-electron chi connectivity index (χ3n) is 4.98. The number of benzene rings is 1. The number of hydrogen-bond acceptors (Lipinski definition) is 7. The average molecular weight is 546 g/mol. The first-order valence-electron chi connectivity index (χ1n) is 10.3. The topological polar surface area (TPSA) is 108 Å². The van der Waals surface area contributed by atoms with Crippen LogP contribution in [0.2, 0.25) is 5.02 Å². The zero-order valence-corrected chi connectivity index (χ0v) is 21.3. The van der Waals surface area contributed by atoms with Gasteiger partial charge in [0.25, 0.3) is 5.56 Å². The molecule has 11 heteroatoms. The maximum atomic E-state index is 13.3. The third kappa shape index (κ3) is 4.89. The van der Waals surface area contributed by atoms with E-state index >= 15 is 0 Å². The Bertz CT molecular complexity index is 1430. The highest BCUT2D eigenvalue weighted by molar-refractivity contribution is 9.10. The minimum absolute atomic E-state index is 0.168. The normalized spacial score (nSPS) is 11.6. The van der Waals surface area contributed by atoms with E-state index in [0.717, 1.165) is 0 Å². The van der Waals surface area contributed by atoms with Crippen LogP contribution in [0.25, 0.3) is 16.9 Å². The van der Waals surface area contributed by atoms with Crippen molar-refractivity contribution in [2.75, 3.05) is 0 Å². The number of nitrogens with zero attached hydrogens (tertiary/aromatic N) is 6. The molecule has 4 rings (SSSR count). The van der Waals surface area contributed by atoms with Gasteiger partial charge in [0, 0.05) is 25.0 Å². The van der Waals surface area contributed by atoms with Crippen LogP contribution in [-0.4, -0.2) is 34.4 Å². The summed E-state index contributed by atoms with van der Waals surface area (Å²) in [6, 6.07) is 8.76. The molecule has 0 aliphatic heterocycles. The Labute approximate surface area is 209 Å². The molecule has 1 N–H and O–H groups in total. The number of rotatable bonds is 6. The van der Waals surface area contributed by atoms with E-state index in [1.54, 1.807) is 55.9 Å². The lowest BCUT2D eigenvalue weighted by Crippen LogP contribution is -2.24. The van der Waals surface area contributed by atoms with E-state index in [2.05, 4.69) is 36.0 Å². The Morgan fingerprint density at radius 2 is 1.97 bits per heavy atom. The number of halogens is 2. The number of aliphatic hydroxyl groups is 1. The van der Waals surface area contributed by atoms with Crippen LogP contribution in [0.15, 0.2) is 52.0 Å². The lowest BCUT2D eigenvalue weighted by molar-refractivity contribution is 0.0688. The predicted molar refractivity (Wildman–Crippen MR) is 131 cm³/mol. The van der Waals surface area contributed by atoms with E-state index in [4.69, 9.17) is 16.3 Å². The molecule has 0 radical (unpaired) electrons. The molecule has 0 saturated carbocycles. The van der Waals surface area contributed by atoms with E-state index in [-0.39, 0.29) is 28.3 Å². The maximum Gasteiger partial charge on any atom is 0.276 e. The van der Waals surface area contributed by atoms with Gasteiger partial charge in [0.1, 0.15) is 22.5 Å². The number of ether oxygens (including phenoxy) is 1. The summed E-state index contributed by atoms with van der Waals surface area (Å²) in [5.74, 6) is 0.846. The zero-order valence-electron chi connectivity index (χ0n) is 19.0. The summed E-state index contributed by atoms with van der Waals surface area (Å²) >= 11 is 9.81. The minimum Gasteiger partial charge on any atom is -0.470 e. The van der Waals surface area contributed by atoms with Crippen molar-refractivity contribution in [2.24, 2.45) is 7.05 Å². The molecule has 176 valence electrons. The molecule has 0 fully saturated rings. The van der Waals surface area contributed by atoms with Gasteiger partial charge in [-0.05, 0) is 61.0 Å². The minimum atomic E-state index is -1.20. The number of hydrogen-bond donors (Lipinski definition) is 1. The fraction of sp³-hybridized carbons (Fsp3) is 0.261. The lowest BCUT2D eigenvalue weighted by Gasteiger charge is -2.17. The summed E-state index contributed by atoms with van der Waals surface area (Å²) in [6.45, 7) is 5.09. The Kier molecular flexibility index (Phi) is 6.57. The van der Waals surface area contributed by atoms with Crippen LogP contribution in [0.1, 0.15) is 31.2 Å². The Hall–Kier alpha value is -3.08. The van der Waals surface area contributed by atoms with Gasteiger partial charge in [0.15, 0.2) is 5.82 Å². The second-order valence-electron chi connectivity index (χ2n) is 8.18. The van der Waals surface area contributed by atoms with Gasteiger partial charge in [-0.1, -0.05) is 17.7 Å². The summed E-state index contributed by atoms with van der Waals surface area (Å²) in [7, 11) is 1.81. The molecule has 0 bridgehead atoms. The zero-order chi connectivity index (χ0) is 24.6. The van der Waals surface area contributed by atoms with E-state index < -0.39 is 5.60 Å². The SMILES string of the molecule is Cc1nc(OCc2ccn(C)n2)c(Br)c(=O)n1-c1cc(-c2ccnc(C(C)(C)O)n2)ccc1Cl. The van der Waals surface area contributed by atoms with Crippen LogP contribution in [0, 0.1) is 6.92 Å². The summed E-state index contributed by atoms with van der Waals surface area (Å²) in [6.07, 6.45) is 3.38. The van der Waals surface area contributed by atoms with Crippen molar-refractivity contribution in [1.29, 1.82) is 0 Å². The number of aryl methyl sites for hydroxylation is 2. The first-order valence-corrected chi connectivity index (χ1v) is 11.5. The fourth-order valence-electron chi connectivity index (χ4n) is 3.30. The molecule has 0 saturated heterocycles. The average Bonchev–Trinajstić information content (AvgIpc) is 3.21. The highest BCUT2D eigenvalue weighted by atomic mass is 79.9. The van der Waals surface area contributed by atoms with E-state index in [0.29, 0.717) is 33.5 Å². The molecular weight excluding hydrogens is 524 g/mol. The first-order chi connectivity index (χ1) is 16.0. The predicted octanol–water partition coefficient (Wildman–Crippen LogP) is 3.95. The van der Waals surface area contributed by atoms with Gasteiger partial charge in [0.2, 0.25) is 5.88 Å². The van der Waals surface area contributed by atoms with Crippen LogP contribution < -0.4 is 10.3 Å². The molecule has 9 nitrogen and oxygen atoms in total. The molecular formula is C23H22BrClN6O3. The molecule has 3 aromatic heterocycles. The molecule has 0 atom stereocenters. The molecule has 3 heterocycles. The molecule has 0 aliphatic rings. The van der Waals surface area contributed by atoms with Crippen molar-refractivity contribution >= 4 is 27.5 Å². The summed E-state index contributed by atoms with van der Waals surface area (Å²) < 4.78 is 8.98. The largest absolute Gasteiger partial charge is 0.470 e. The standard InChI is InChI=1S/C23H22BrClN6O3/c1-13-27-20(34-12-15-8-10-30(4)29-15)19(24)21(32)31(13)18-11-14(5-6-16(18)25)17-7-9-26-22(28-17)23(2,3)33/h5-11,33H,12H2,1-4H3. The third-order valence-corrected chi connectivity index (χ3v) is 5.97. The second kappa shape index (κ2) is 9.28. The van der Waals surface area contributed by atoms with Crippen molar-refractivity contribution in [3.05, 3.63) is 79.9 Å².